The van der Waals surface area contributed by atoms with Crippen LogP contribution in [0, 0.1) is 0 Å². The SMILES string of the molecule is NN1CCC[C@](N)([PH](=O)NCC(=O)O)C1=O. The Kier molecular flexibility index (Phi) is 4.03. The number of rotatable bonds is 4. The van der Waals surface area contributed by atoms with E-state index in [1.54, 1.807) is 0 Å². The first-order valence-corrected chi connectivity index (χ1v) is 6.14. The highest BCUT2D eigenvalue weighted by atomic mass is 31.1. The summed E-state index contributed by atoms with van der Waals surface area (Å²) in [6.07, 6.45) is 0.786. The largest absolute Gasteiger partial charge is 0.480 e. The number of hydrazine groups is 1. The van der Waals surface area contributed by atoms with Crippen molar-refractivity contribution in [1.82, 2.24) is 10.1 Å². The molecule has 1 heterocycles. The van der Waals surface area contributed by atoms with Crippen molar-refractivity contribution < 1.29 is 19.3 Å². The molecule has 0 radical (unpaired) electrons. The van der Waals surface area contributed by atoms with Crippen molar-refractivity contribution in [3.05, 3.63) is 0 Å². The molecule has 6 N–H and O–H groups in total. The summed E-state index contributed by atoms with van der Waals surface area (Å²) in [5.41, 5.74) is 5.73. The van der Waals surface area contributed by atoms with Gasteiger partial charge in [0, 0.05) is 6.54 Å². The summed E-state index contributed by atoms with van der Waals surface area (Å²) in [5, 5.41) is 10.0. The van der Waals surface area contributed by atoms with E-state index in [0.29, 0.717) is 13.0 Å². The van der Waals surface area contributed by atoms with E-state index in [2.05, 4.69) is 5.09 Å². The molecule has 1 aliphatic rings. The van der Waals surface area contributed by atoms with Crippen LogP contribution in [-0.2, 0) is 14.2 Å². The van der Waals surface area contributed by atoms with Crippen molar-refractivity contribution in [3.8, 4) is 0 Å². The van der Waals surface area contributed by atoms with Crippen LogP contribution in [0.25, 0.3) is 0 Å². The predicted molar refractivity (Wildman–Crippen MR) is 56.7 cm³/mol. The summed E-state index contributed by atoms with van der Waals surface area (Å²) in [5.74, 6) is 3.62. The minimum Gasteiger partial charge on any atom is -0.480 e. The third-order valence-electron chi connectivity index (χ3n) is 2.42. The molecule has 0 aliphatic carbocycles. The molecule has 1 rings (SSSR count). The molecule has 1 fully saturated rings. The second-order valence-corrected chi connectivity index (χ2v) is 5.55. The monoisotopic (exact) mass is 250 g/mol. The number of nitrogens with two attached hydrogens (primary N) is 2. The van der Waals surface area contributed by atoms with Crippen LogP contribution in [0.2, 0.25) is 0 Å². The lowest BCUT2D eigenvalue weighted by molar-refractivity contribution is -0.137. The van der Waals surface area contributed by atoms with Crippen molar-refractivity contribution in [3.63, 3.8) is 0 Å². The lowest BCUT2D eigenvalue weighted by atomic mass is 10.1. The van der Waals surface area contributed by atoms with E-state index in [-0.39, 0.29) is 6.42 Å². The van der Waals surface area contributed by atoms with Crippen LogP contribution in [0.1, 0.15) is 12.8 Å². The molecule has 0 bridgehead atoms. The zero-order valence-electron chi connectivity index (χ0n) is 8.60. The maximum absolute atomic E-state index is 11.8. The van der Waals surface area contributed by atoms with Gasteiger partial charge in [0.1, 0.15) is 0 Å². The van der Waals surface area contributed by atoms with E-state index in [0.717, 1.165) is 5.01 Å². The van der Waals surface area contributed by atoms with E-state index in [1.807, 2.05) is 0 Å². The Morgan fingerprint density at radius 1 is 1.69 bits per heavy atom. The molecule has 0 aromatic rings. The molecule has 1 aliphatic heterocycles. The summed E-state index contributed by atoms with van der Waals surface area (Å²) in [6.45, 7) is -0.125. The van der Waals surface area contributed by atoms with E-state index < -0.39 is 31.7 Å². The Morgan fingerprint density at radius 2 is 2.31 bits per heavy atom. The average Bonchev–Trinajstić information content (AvgIpc) is 2.22. The Morgan fingerprint density at radius 3 is 2.88 bits per heavy atom. The molecule has 0 saturated carbocycles. The lowest BCUT2D eigenvalue weighted by Crippen LogP contribution is -2.60. The highest BCUT2D eigenvalue weighted by molar-refractivity contribution is 7.45. The van der Waals surface area contributed by atoms with Gasteiger partial charge in [-0.2, -0.15) is 0 Å². The van der Waals surface area contributed by atoms with Crippen LogP contribution in [0.5, 0.6) is 0 Å². The molecule has 16 heavy (non-hydrogen) atoms. The molecular formula is C7H15N4O4P. The van der Waals surface area contributed by atoms with Crippen LogP contribution in [0.15, 0.2) is 0 Å². The van der Waals surface area contributed by atoms with Crippen molar-refractivity contribution in [2.45, 2.75) is 18.1 Å². The quantitative estimate of drug-likeness (QED) is 0.264. The highest BCUT2D eigenvalue weighted by Gasteiger charge is 2.44. The van der Waals surface area contributed by atoms with Gasteiger partial charge in [-0.15, -0.1) is 0 Å². The van der Waals surface area contributed by atoms with Gasteiger partial charge >= 0.3 is 5.97 Å². The molecule has 2 atom stereocenters. The average molecular weight is 250 g/mol. The minimum absolute atomic E-state index is 0.240. The Balaban J connectivity index is 2.71. The van der Waals surface area contributed by atoms with E-state index in [1.165, 1.54) is 0 Å². The van der Waals surface area contributed by atoms with Gasteiger partial charge in [0.15, 0.2) is 13.2 Å². The van der Waals surface area contributed by atoms with Gasteiger partial charge in [0.2, 0.25) is 0 Å². The molecule has 0 spiro atoms. The number of hydrogen-bond acceptors (Lipinski definition) is 5. The van der Waals surface area contributed by atoms with E-state index in [4.69, 9.17) is 16.7 Å². The zero-order chi connectivity index (χ0) is 12.3. The van der Waals surface area contributed by atoms with Crippen LogP contribution < -0.4 is 16.7 Å². The Hall–Kier alpha value is -0.950. The number of piperidine rings is 1. The summed E-state index contributed by atoms with van der Waals surface area (Å²) in [6, 6.07) is 0. The fraction of sp³-hybridized carbons (Fsp3) is 0.714. The molecule has 1 amide bonds. The number of hydrogen-bond donors (Lipinski definition) is 4. The highest BCUT2D eigenvalue weighted by Crippen LogP contribution is 2.38. The molecule has 0 aromatic carbocycles. The second-order valence-electron chi connectivity index (χ2n) is 3.65. The molecule has 1 unspecified atom stereocenters. The molecule has 0 aromatic heterocycles. The minimum atomic E-state index is -2.74. The summed E-state index contributed by atoms with van der Waals surface area (Å²) in [4.78, 5) is 21.9. The van der Waals surface area contributed by atoms with Crippen molar-refractivity contribution >= 4 is 19.8 Å². The first kappa shape index (κ1) is 13.1. The summed E-state index contributed by atoms with van der Waals surface area (Å²) in [7, 11) is -2.74. The van der Waals surface area contributed by atoms with E-state index >= 15 is 0 Å². The van der Waals surface area contributed by atoms with Crippen molar-refractivity contribution in [1.29, 1.82) is 0 Å². The third-order valence-corrected chi connectivity index (χ3v) is 4.19. The van der Waals surface area contributed by atoms with Crippen molar-refractivity contribution in [2.75, 3.05) is 13.1 Å². The van der Waals surface area contributed by atoms with Gasteiger partial charge in [-0.3, -0.25) is 19.7 Å². The predicted octanol–water partition coefficient (Wildman–Crippen LogP) is -1.71. The van der Waals surface area contributed by atoms with Gasteiger partial charge in [-0.1, -0.05) is 0 Å². The van der Waals surface area contributed by atoms with Crippen LogP contribution >= 0.6 is 7.95 Å². The molecular weight excluding hydrogens is 235 g/mol. The fourth-order valence-electron chi connectivity index (χ4n) is 1.52. The number of nitrogens with zero attached hydrogens (tertiary/aromatic N) is 1. The number of amides is 1. The number of carboxylic acids is 1. The summed E-state index contributed by atoms with van der Waals surface area (Å²) >= 11 is 0. The number of aliphatic carboxylic acids is 1. The molecule has 9 heteroatoms. The maximum atomic E-state index is 11.8. The number of carbonyl (C=O) groups is 2. The number of nitrogens with one attached hydrogen (secondary N) is 1. The van der Waals surface area contributed by atoms with Crippen molar-refractivity contribution in [2.24, 2.45) is 11.6 Å². The lowest BCUT2D eigenvalue weighted by Gasteiger charge is -2.36. The van der Waals surface area contributed by atoms with Gasteiger partial charge in [0.25, 0.3) is 5.91 Å². The van der Waals surface area contributed by atoms with Crippen LogP contribution in [-0.4, -0.2) is 40.4 Å². The smallest absolute Gasteiger partial charge is 0.317 e. The summed E-state index contributed by atoms with van der Waals surface area (Å²) < 4.78 is 11.8. The first-order valence-electron chi connectivity index (χ1n) is 4.73. The Bertz CT molecular complexity index is 336. The van der Waals surface area contributed by atoms with Gasteiger partial charge in [0.05, 0.1) is 6.54 Å². The maximum Gasteiger partial charge on any atom is 0.317 e. The second kappa shape index (κ2) is 4.92. The fourth-order valence-corrected chi connectivity index (χ4v) is 2.89. The van der Waals surface area contributed by atoms with Gasteiger partial charge < -0.3 is 15.4 Å². The zero-order valence-corrected chi connectivity index (χ0v) is 9.60. The Labute approximate surface area is 92.8 Å². The van der Waals surface area contributed by atoms with Crippen LogP contribution in [0.3, 0.4) is 0 Å². The molecule has 8 nitrogen and oxygen atoms in total. The number of carboxylic acid groups (broad SMARTS) is 1. The van der Waals surface area contributed by atoms with Crippen LogP contribution in [0.4, 0.5) is 0 Å². The first-order chi connectivity index (χ1) is 7.38. The van der Waals surface area contributed by atoms with Gasteiger partial charge in [-0.25, -0.2) is 5.84 Å². The molecule has 92 valence electrons. The standard InChI is InChI=1S/C7H15N4O4P/c8-7(16(15)10-4-5(12)13)2-1-3-11(9)6(7)14/h16H,1-4,8-9H2,(H,10,15)(H,12,13)/t7-/m0/s1. The third kappa shape index (κ3) is 2.59. The van der Waals surface area contributed by atoms with Gasteiger partial charge in [-0.05, 0) is 12.8 Å². The van der Waals surface area contributed by atoms with E-state index in [9.17, 15) is 14.2 Å². The number of carbonyl (C=O) groups excluding carboxylic acids is 1. The normalized spacial score (nSPS) is 27.9. The topological polar surface area (TPSA) is 139 Å². The molecule has 1 saturated heterocycles.